The van der Waals surface area contributed by atoms with E-state index < -0.39 is 0 Å². The average Bonchev–Trinajstić information content (AvgIpc) is 3.11. The third-order valence-electron chi connectivity index (χ3n) is 5.11. The highest BCUT2D eigenvalue weighted by molar-refractivity contribution is 7.80. The van der Waals surface area contributed by atoms with Gasteiger partial charge in [-0.3, -0.25) is 4.98 Å². The molecule has 0 unspecified atom stereocenters. The number of hydrogen-bond acceptors (Lipinski definition) is 3. The number of thiocarbonyl (C=S) groups is 1. The predicted molar refractivity (Wildman–Crippen MR) is 108 cm³/mol. The number of nitrogens with zero attached hydrogens (tertiary/aromatic N) is 3. The zero-order chi connectivity index (χ0) is 18.7. The Hall–Kier alpha value is -1.92. The Morgan fingerprint density at radius 2 is 2.08 bits per heavy atom. The number of rotatable bonds is 7. The quantitative estimate of drug-likeness (QED) is 0.753. The van der Waals surface area contributed by atoms with Gasteiger partial charge in [0.25, 0.3) is 0 Å². The second-order valence-corrected chi connectivity index (χ2v) is 7.18. The van der Waals surface area contributed by atoms with Crippen LogP contribution < -0.4 is 5.32 Å². The molecule has 0 saturated carbocycles. The summed E-state index contributed by atoms with van der Waals surface area (Å²) in [4.78, 5) is 6.91. The molecule has 140 valence electrons. The second kappa shape index (κ2) is 8.18. The molecule has 3 heterocycles. The predicted octanol–water partition coefficient (Wildman–Crippen LogP) is 3.53. The lowest BCUT2D eigenvalue weighted by Gasteiger charge is -2.27. The molecule has 2 aromatic rings. The molecule has 2 atom stereocenters. The summed E-state index contributed by atoms with van der Waals surface area (Å²) in [5.74, 6) is 0. The third-order valence-corrected chi connectivity index (χ3v) is 5.47. The fourth-order valence-electron chi connectivity index (χ4n) is 3.88. The van der Waals surface area contributed by atoms with Gasteiger partial charge in [0.15, 0.2) is 5.11 Å². The van der Waals surface area contributed by atoms with Crippen molar-refractivity contribution in [1.29, 1.82) is 0 Å². The summed E-state index contributed by atoms with van der Waals surface area (Å²) in [6.45, 7) is 9.04. The molecule has 0 aliphatic carbocycles. The molecule has 1 N–H and O–H groups in total. The van der Waals surface area contributed by atoms with Crippen LogP contribution in [0.5, 0.6) is 0 Å². The van der Waals surface area contributed by atoms with E-state index in [4.69, 9.17) is 17.0 Å². The number of ether oxygens (including phenoxy) is 1. The van der Waals surface area contributed by atoms with Gasteiger partial charge in [-0.25, -0.2) is 0 Å². The van der Waals surface area contributed by atoms with E-state index in [1.165, 1.54) is 17.0 Å². The molecule has 26 heavy (non-hydrogen) atoms. The van der Waals surface area contributed by atoms with Crippen molar-refractivity contribution in [2.45, 2.75) is 45.8 Å². The third kappa shape index (κ3) is 3.48. The van der Waals surface area contributed by atoms with E-state index >= 15 is 0 Å². The van der Waals surface area contributed by atoms with E-state index in [0.717, 1.165) is 30.3 Å². The van der Waals surface area contributed by atoms with Gasteiger partial charge in [0.05, 0.1) is 24.4 Å². The highest BCUT2D eigenvalue weighted by atomic mass is 32.1. The van der Waals surface area contributed by atoms with Crippen molar-refractivity contribution in [1.82, 2.24) is 19.8 Å². The van der Waals surface area contributed by atoms with Gasteiger partial charge in [-0.05, 0) is 56.2 Å². The maximum atomic E-state index is 5.67. The van der Waals surface area contributed by atoms with Crippen LogP contribution >= 0.6 is 12.2 Å². The minimum Gasteiger partial charge on any atom is -0.383 e. The van der Waals surface area contributed by atoms with E-state index in [-0.39, 0.29) is 12.1 Å². The highest BCUT2D eigenvalue weighted by Crippen LogP contribution is 2.40. The topological polar surface area (TPSA) is 42.3 Å². The van der Waals surface area contributed by atoms with Crippen LogP contribution in [0.2, 0.25) is 0 Å². The van der Waals surface area contributed by atoms with Crippen LogP contribution in [0.15, 0.2) is 30.5 Å². The SMILES string of the molecule is CCCN1C(=S)N[C@@H](c2ccccn2)[C@H]1c1cc(C)n(CCOC)c1C. The number of hydrogen-bond donors (Lipinski definition) is 1. The lowest BCUT2D eigenvalue weighted by Crippen LogP contribution is -2.30. The van der Waals surface area contributed by atoms with Gasteiger partial charge >= 0.3 is 0 Å². The number of pyridine rings is 1. The molecule has 1 aliphatic heterocycles. The fraction of sp³-hybridized carbons (Fsp3) is 0.500. The summed E-state index contributed by atoms with van der Waals surface area (Å²) in [6.07, 6.45) is 2.90. The number of nitrogens with one attached hydrogen (secondary N) is 1. The number of aromatic nitrogens is 2. The highest BCUT2D eigenvalue weighted by Gasteiger charge is 2.40. The molecule has 1 aliphatic rings. The van der Waals surface area contributed by atoms with Crippen molar-refractivity contribution in [2.24, 2.45) is 0 Å². The first-order valence-electron chi connectivity index (χ1n) is 9.22. The first-order chi connectivity index (χ1) is 12.6. The minimum absolute atomic E-state index is 0.0617. The molecule has 5 nitrogen and oxygen atoms in total. The van der Waals surface area contributed by atoms with Crippen LogP contribution in [-0.4, -0.2) is 39.8 Å². The lowest BCUT2D eigenvalue weighted by molar-refractivity contribution is 0.186. The first-order valence-corrected chi connectivity index (χ1v) is 9.63. The smallest absolute Gasteiger partial charge is 0.170 e. The molecule has 0 bridgehead atoms. The van der Waals surface area contributed by atoms with Crippen LogP contribution in [0.4, 0.5) is 0 Å². The van der Waals surface area contributed by atoms with Crippen LogP contribution in [-0.2, 0) is 11.3 Å². The molecule has 0 radical (unpaired) electrons. The van der Waals surface area contributed by atoms with Crippen LogP contribution in [0.3, 0.4) is 0 Å². The van der Waals surface area contributed by atoms with E-state index in [1.807, 2.05) is 18.3 Å². The van der Waals surface area contributed by atoms with Crippen LogP contribution in [0.25, 0.3) is 0 Å². The molecule has 1 fully saturated rings. The molecular formula is C20H28N4OS. The van der Waals surface area contributed by atoms with Gasteiger partial charge in [0, 0.05) is 37.8 Å². The van der Waals surface area contributed by atoms with E-state index in [1.54, 1.807) is 7.11 Å². The monoisotopic (exact) mass is 372 g/mol. The summed E-state index contributed by atoms with van der Waals surface area (Å²) < 4.78 is 7.62. The molecular weight excluding hydrogens is 344 g/mol. The summed E-state index contributed by atoms with van der Waals surface area (Å²) in [6, 6.07) is 8.57. The minimum atomic E-state index is 0.0617. The first kappa shape index (κ1) is 18.9. The fourth-order valence-corrected chi connectivity index (χ4v) is 4.21. The van der Waals surface area contributed by atoms with Crippen molar-refractivity contribution >= 4 is 17.3 Å². The summed E-state index contributed by atoms with van der Waals surface area (Å²) >= 11 is 5.67. The van der Waals surface area contributed by atoms with Gasteiger partial charge in [-0.2, -0.15) is 0 Å². The van der Waals surface area contributed by atoms with Crippen molar-refractivity contribution in [3.63, 3.8) is 0 Å². The largest absolute Gasteiger partial charge is 0.383 e. The molecule has 3 rings (SSSR count). The maximum absolute atomic E-state index is 5.67. The number of methoxy groups -OCH3 is 1. The van der Waals surface area contributed by atoms with E-state index in [2.05, 4.69) is 52.7 Å². The van der Waals surface area contributed by atoms with E-state index in [9.17, 15) is 0 Å². The Morgan fingerprint density at radius 3 is 2.73 bits per heavy atom. The molecule has 2 aromatic heterocycles. The molecule has 0 spiro atoms. The molecule has 1 saturated heterocycles. The Morgan fingerprint density at radius 1 is 1.27 bits per heavy atom. The second-order valence-electron chi connectivity index (χ2n) is 6.79. The van der Waals surface area contributed by atoms with Gasteiger partial charge in [-0.15, -0.1) is 0 Å². The van der Waals surface area contributed by atoms with Crippen molar-refractivity contribution in [3.8, 4) is 0 Å². The van der Waals surface area contributed by atoms with Crippen molar-refractivity contribution < 1.29 is 4.74 Å². The standard InChI is InChI=1S/C20H28N4OS/c1-5-10-24-19(16-13-14(2)23(15(16)3)11-12-25-4)18(22-20(24)26)17-8-6-7-9-21-17/h6-9,13,18-19H,5,10-12H2,1-4H3,(H,22,26)/t18-,19+/m0/s1. The Labute approximate surface area is 161 Å². The zero-order valence-electron chi connectivity index (χ0n) is 16.0. The summed E-state index contributed by atoms with van der Waals surface area (Å²) in [5, 5.41) is 4.33. The van der Waals surface area contributed by atoms with E-state index in [0.29, 0.717) is 6.61 Å². The maximum Gasteiger partial charge on any atom is 0.170 e. The number of aryl methyl sites for hydroxylation is 1. The molecule has 0 aromatic carbocycles. The lowest BCUT2D eigenvalue weighted by atomic mass is 9.96. The molecule has 0 amide bonds. The Kier molecular flexibility index (Phi) is 5.94. The molecule has 6 heteroatoms. The summed E-state index contributed by atoms with van der Waals surface area (Å²) in [7, 11) is 1.74. The normalized spacial score (nSPS) is 19.8. The summed E-state index contributed by atoms with van der Waals surface area (Å²) in [5.41, 5.74) is 4.87. The van der Waals surface area contributed by atoms with Gasteiger partial charge in [0.1, 0.15) is 0 Å². The van der Waals surface area contributed by atoms with Crippen molar-refractivity contribution in [2.75, 3.05) is 20.3 Å². The van der Waals surface area contributed by atoms with Gasteiger partial charge < -0.3 is 19.5 Å². The zero-order valence-corrected chi connectivity index (χ0v) is 16.8. The van der Waals surface area contributed by atoms with Crippen LogP contribution in [0, 0.1) is 13.8 Å². The van der Waals surface area contributed by atoms with Crippen molar-refractivity contribution in [3.05, 3.63) is 53.1 Å². The van der Waals surface area contributed by atoms with Gasteiger partial charge in [0.2, 0.25) is 0 Å². The average molecular weight is 373 g/mol. The Bertz CT molecular complexity index is 759. The van der Waals surface area contributed by atoms with Crippen LogP contribution in [0.1, 0.15) is 48.1 Å². The Balaban J connectivity index is 2.03. The van der Waals surface area contributed by atoms with Gasteiger partial charge in [-0.1, -0.05) is 13.0 Å².